The first-order valence-electron chi connectivity index (χ1n) is 9.29. The molecule has 2 aromatic carbocycles. The first-order valence-corrected chi connectivity index (χ1v) is 9.67. The van der Waals surface area contributed by atoms with E-state index in [2.05, 4.69) is 12.2 Å². The van der Waals surface area contributed by atoms with E-state index in [0.717, 1.165) is 34.8 Å². The van der Waals surface area contributed by atoms with Gasteiger partial charge in [0.25, 0.3) is 0 Å². The lowest BCUT2D eigenvalue weighted by molar-refractivity contribution is 0.0953. The van der Waals surface area contributed by atoms with Crippen molar-refractivity contribution < 1.29 is 9.53 Å². The van der Waals surface area contributed by atoms with Gasteiger partial charge in [0.15, 0.2) is 11.6 Å². The minimum absolute atomic E-state index is 0.121. The second-order valence-corrected chi connectivity index (χ2v) is 7.66. The molecule has 6 heteroatoms. The van der Waals surface area contributed by atoms with Gasteiger partial charge in [0, 0.05) is 17.1 Å². The van der Waals surface area contributed by atoms with Crippen LogP contribution in [0.5, 0.6) is 5.75 Å². The molecule has 0 saturated carbocycles. The molecule has 1 aliphatic rings. The number of aromatic nitrogens is 2. The molecule has 0 fully saturated rings. The molecule has 1 aliphatic carbocycles. The third kappa shape index (κ3) is 3.27. The molecule has 0 radical (unpaired) electrons. The second kappa shape index (κ2) is 7.32. The molecule has 0 saturated heterocycles. The maximum atomic E-state index is 12.9. The topological polar surface area (TPSA) is 56.1 Å². The Morgan fingerprint density at radius 3 is 2.64 bits per heavy atom. The number of anilines is 2. The fourth-order valence-corrected chi connectivity index (χ4v) is 3.82. The number of hydrogen-bond acceptors (Lipinski definition) is 4. The molecular formula is C22H22ClN3O2. The normalized spacial score (nSPS) is 16.0. The standard InChI is InChI=1S/C22H22ClN3O2/c1-13-11-19-21(20(27)12-13)22(24-18-6-4-5-17(23)14(18)2)25-26(19)15-7-9-16(28-3)10-8-15/h4-10,13H,11-12H2,1-3H3,(H,24,25)/t13-/m1/s1. The number of ketones is 1. The molecule has 1 N–H and O–H groups in total. The van der Waals surface area contributed by atoms with Crippen molar-refractivity contribution in [1.29, 1.82) is 0 Å². The van der Waals surface area contributed by atoms with E-state index in [1.165, 1.54) is 0 Å². The highest BCUT2D eigenvalue weighted by Crippen LogP contribution is 2.35. The number of carbonyl (C=O) groups excluding carboxylic acids is 1. The zero-order valence-electron chi connectivity index (χ0n) is 16.1. The molecule has 1 atom stereocenters. The maximum Gasteiger partial charge on any atom is 0.168 e. The molecule has 0 amide bonds. The van der Waals surface area contributed by atoms with Crippen molar-refractivity contribution >= 4 is 28.9 Å². The second-order valence-electron chi connectivity index (χ2n) is 7.25. The smallest absolute Gasteiger partial charge is 0.168 e. The van der Waals surface area contributed by atoms with Crippen molar-refractivity contribution in [3.63, 3.8) is 0 Å². The van der Waals surface area contributed by atoms with Gasteiger partial charge in [-0.25, -0.2) is 4.68 Å². The van der Waals surface area contributed by atoms with Gasteiger partial charge in [-0.15, -0.1) is 5.10 Å². The Balaban J connectivity index is 1.83. The Labute approximate surface area is 169 Å². The molecule has 144 valence electrons. The summed E-state index contributed by atoms with van der Waals surface area (Å²) in [6, 6.07) is 13.4. The molecule has 0 unspecified atom stereocenters. The summed E-state index contributed by atoms with van der Waals surface area (Å²) in [5.74, 6) is 1.76. The monoisotopic (exact) mass is 395 g/mol. The number of methoxy groups -OCH3 is 1. The molecule has 1 aromatic heterocycles. The van der Waals surface area contributed by atoms with Gasteiger partial charge in [-0.3, -0.25) is 4.79 Å². The van der Waals surface area contributed by atoms with Gasteiger partial charge in [0.05, 0.1) is 24.1 Å². The van der Waals surface area contributed by atoms with Crippen LogP contribution in [0.25, 0.3) is 5.69 Å². The van der Waals surface area contributed by atoms with Crippen molar-refractivity contribution in [1.82, 2.24) is 9.78 Å². The average Bonchev–Trinajstić information content (AvgIpc) is 3.04. The Hall–Kier alpha value is -2.79. The summed E-state index contributed by atoms with van der Waals surface area (Å²) in [7, 11) is 1.64. The van der Waals surface area contributed by atoms with Crippen LogP contribution in [0, 0.1) is 12.8 Å². The van der Waals surface area contributed by atoms with E-state index in [9.17, 15) is 4.79 Å². The summed E-state index contributed by atoms with van der Waals surface area (Å²) < 4.78 is 7.12. The van der Waals surface area contributed by atoms with Crippen LogP contribution >= 0.6 is 11.6 Å². The zero-order chi connectivity index (χ0) is 19.8. The molecular weight excluding hydrogens is 374 g/mol. The minimum atomic E-state index is 0.121. The highest BCUT2D eigenvalue weighted by atomic mass is 35.5. The van der Waals surface area contributed by atoms with E-state index in [1.54, 1.807) is 7.11 Å². The van der Waals surface area contributed by atoms with Gasteiger partial charge in [0.2, 0.25) is 0 Å². The minimum Gasteiger partial charge on any atom is -0.497 e. The molecule has 1 heterocycles. The Morgan fingerprint density at radius 2 is 1.93 bits per heavy atom. The summed E-state index contributed by atoms with van der Waals surface area (Å²) in [6.45, 7) is 4.04. The van der Waals surface area contributed by atoms with Gasteiger partial charge in [0.1, 0.15) is 5.75 Å². The molecule has 4 rings (SSSR count). The summed E-state index contributed by atoms with van der Waals surface area (Å²) in [4.78, 5) is 12.9. The molecule has 0 aliphatic heterocycles. The van der Waals surface area contributed by atoms with Gasteiger partial charge in [-0.2, -0.15) is 0 Å². The van der Waals surface area contributed by atoms with Crippen molar-refractivity contribution in [3.05, 3.63) is 64.3 Å². The van der Waals surface area contributed by atoms with Crippen molar-refractivity contribution in [2.24, 2.45) is 5.92 Å². The largest absolute Gasteiger partial charge is 0.497 e. The lowest BCUT2D eigenvalue weighted by Gasteiger charge is -2.19. The summed E-state index contributed by atoms with van der Waals surface area (Å²) in [5, 5.41) is 8.78. The predicted molar refractivity (Wildman–Crippen MR) is 111 cm³/mol. The fourth-order valence-electron chi connectivity index (χ4n) is 3.65. The number of hydrogen-bond donors (Lipinski definition) is 1. The first kappa shape index (κ1) is 18.6. The zero-order valence-corrected chi connectivity index (χ0v) is 16.9. The van der Waals surface area contributed by atoms with Crippen LogP contribution in [0.15, 0.2) is 42.5 Å². The van der Waals surface area contributed by atoms with Crippen molar-refractivity contribution in [2.75, 3.05) is 12.4 Å². The van der Waals surface area contributed by atoms with E-state index < -0.39 is 0 Å². The average molecular weight is 396 g/mol. The maximum absolute atomic E-state index is 12.9. The number of carbonyl (C=O) groups is 1. The van der Waals surface area contributed by atoms with Crippen LogP contribution in [-0.2, 0) is 6.42 Å². The number of nitrogens with zero attached hydrogens (tertiary/aromatic N) is 2. The first-order chi connectivity index (χ1) is 13.5. The van der Waals surface area contributed by atoms with E-state index in [1.807, 2.05) is 54.1 Å². The van der Waals surface area contributed by atoms with Crippen LogP contribution in [0.4, 0.5) is 11.5 Å². The third-order valence-electron chi connectivity index (χ3n) is 5.17. The van der Waals surface area contributed by atoms with Gasteiger partial charge >= 0.3 is 0 Å². The molecule has 0 bridgehead atoms. The molecule has 28 heavy (non-hydrogen) atoms. The number of rotatable bonds is 4. The highest BCUT2D eigenvalue weighted by molar-refractivity contribution is 6.31. The van der Waals surface area contributed by atoms with Crippen LogP contribution in [0.3, 0.4) is 0 Å². The van der Waals surface area contributed by atoms with Crippen LogP contribution < -0.4 is 10.1 Å². The Bertz CT molecular complexity index is 1040. The van der Waals surface area contributed by atoms with Crippen LogP contribution in [0.2, 0.25) is 5.02 Å². The quantitative estimate of drug-likeness (QED) is 0.646. The van der Waals surface area contributed by atoms with Crippen LogP contribution in [0.1, 0.15) is 35.0 Å². The number of benzene rings is 2. The number of ether oxygens (including phenoxy) is 1. The third-order valence-corrected chi connectivity index (χ3v) is 5.58. The number of Topliss-reactive ketones (excluding diaryl/α,β-unsaturated/α-hetero) is 1. The number of halogens is 1. The van der Waals surface area contributed by atoms with Crippen molar-refractivity contribution in [3.8, 4) is 11.4 Å². The lowest BCUT2D eigenvalue weighted by atomic mass is 9.87. The van der Waals surface area contributed by atoms with E-state index in [0.29, 0.717) is 22.8 Å². The van der Waals surface area contributed by atoms with E-state index in [4.69, 9.17) is 21.4 Å². The highest BCUT2D eigenvalue weighted by Gasteiger charge is 2.31. The fraction of sp³-hybridized carbons (Fsp3) is 0.273. The van der Waals surface area contributed by atoms with Gasteiger partial charge in [-0.1, -0.05) is 24.6 Å². The Kier molecular flexibility index (Phi) is 4.85. The predicted octanol–water partition coefficient (Wildman–Crippen LogP) is 5.35. The summed E-state index contributed by atoms with van der Waals surface area (Å²) in [5.41, 5.74) is 4.29. The Morgan fingerprint density at radius 1 is 1.18 bits per heavy atom. The summed E-state index contributed by atoms with van der Waals surface area (Å²) in [6.07, 6.45) is 1.33. The lowest BCUT2D eigenvalue weighted by Crippen LogP contribution is -2.19. The van der Waals surface area contributed by atoms with Gasteiger partial charge < -0.3 is 10.1 Å². The van der Waals surface area contributed by atoms with E-state index in [-0.39, 0.29) is 11.7 Å². The summed E-state index contributed by atoms with van der Waals surface area (Å²) >= 11 is 6.26. The SMILES string of the molecule is COc1ccc(-n2nc(Nc3cccc(Cl)c3C)c3c2C[C@@H](C)CC3=O)cc1. The molecule has 3 aromatic rings. The van der Waals surface area contributed by atoms with E-state index >= 15 is 0 Å². The molecule has 5 nitrogen and oxygen atoms in total. The van der Waals surface area contributed by atoms with Crippen LogP contribution in [-0.4, -0.2) is 22.7 Å². The number of fused-ring (bicyclic) bond motifs is 1. The number of nitrogens with one attached hydrogen (secondary N) is 1. The van der Waals surface area contributed by atoms with Gasteiger partial charge in [-0.05, 0) is 61.2 Å². The van der Waals surface area contributed by atoms with Crippen molar-refractivity contribution in [2.45, 2.75) is 26.7 Å². The molecule has 0 spiro atoms.